The summed E-state index contributed by atoms with van der Waals surface area (Å²) < 4.78 is 32.7. The molecule has 0 atom stereocenters. The van der Waals surface area contributed by atoms with Crippen LogP contribution in [0.5, 0.6) is 0 Å². The summed E-state index contributed by atoms with van der Waals surface area (Å²) in [5.74, 6) is -0.586. The van der Waals surface area contributed by atoms with Crippen molar-refractivity contribution in [3.05, 3.63) is 59.7 Å². The second-order valence-corrected chi connectivity index (χ2v) is 7.97. The molecule has 0 saturated heterocycles. The van der Waals surface area contributed by atoms with Gasteiger partial charge in [-0.25, -0.2) is 8.42 Å². The normalized spacial score (nSPS) is 11.4. The second-order valence-electron chi connectivity index (χ2n) is 6.10. The van der Waals surface area contributed by atoms with Gasteiger partial charge in [0, 0.05) is 0 Å². The Balaban J connectivity index is 2.55. The van der Waals surface area contributed by atoms with Gasteiger partial charge in [0.25, 0.3) is 10.0 Å². The minimum atomic E-state index is -3.90. The summed E-state index contributed by atoms with van der Waals surface area (Å²) in [7, 11) is -3.90. The third-order valence-corrected chi connectivity index (χ3v) is 5.42. The lowest BCUT2D eigenvalue weighted by atomic mass is 10.1. The van der Waals surface area contributed by atoms with E-state index in [1.165, 1.54) is 12.1 Å². The van der Waals surface area contributed by atoms with Crippen molar-refractivity contribution in [2.24, 2.45) is 0 Å². The number of rotatable bonds is 6. The first-order valence-electron chi connectivity index (χ1n) is 8.07. The van der Waals surface area contributed by atoms with Crippen molar-refractivity contribution in [1.82, 2.24) is 0 Å². The van der Waals surface area contributed by atoms with E-state index in [9.17, 15) is 13.2 Å². The number of anilines is 1. The maximum absolute atomic E-state index is 13.2. The van der Waals surface area contributed by atoms with Crippen molar-refractivity contribution in [2.75, 3.05) is 10.8 Å². The number of sulfonamides is 1. The van der Waals surface area contributed by atoms with E-state index in [4.69, 9.17) is 4.74 Å². The van der Waals surface area contributed by atoms with Crippen molar-refractivity contribution in [2.45, 2.75) is 38.7 Å². The van der Waals surface area contributed by atoms with Crippen LogP contribution in [0.15, 0.2) is 53.4 Å². The van der Waals surface area contributed by atoms with E-state index in [-0.39, 0.29) is 17.5 Å². The molecule has 0 aromatic heterocycles. The van der Waals surface area contributed by atoms with Gasteiger partial charge in [0.05, 0.1) is 16.7 Å². The van der Waals surface area contributed by atoms with Gasteiger partial charge >= 0.3 is 5.97 Å². The Morgan fingerprint density at radius 2 is 1.56 bits per heavy atom. The van der Waals surface area contributed by atoms with Crippen LogP contribution in [-0.4, -0.2) is 27.0 Å². The second kappa shape index (κ2) is 7.70. The molecule has 0 aliphatic carbocycles. The topological polar surface area (TPSA) is 63.7 Å². The van der Waals surface area contributed by atoms with Gasteiger partial charge in [0.2, 0.25) is 0 Å². The van der Waals surface area contributed by atoms with E-state index >= 15 is 0 Å². The summed E-state index contributed by atoms with van der Waals surface area (Å²) in [6.45, 7) is 6.73. The van der Waals surface area contributed by atoms with Crippen LogP contribution in [0.2, 0.25) is 0 Å². The molecule has 2 aromatic rings. The van der Waals surface area contributed by atoms with Crippen LogP contribution in [-0.2, 0) is 19.6 Å². The summed E-state index contributed by atoms with van der Waals surface area (Å²) in [5, 5.41) is 0. The zero-order valence-electron chi connectivity index (χ0n) is 14.9. The average molecular weight is 361 g/mol. The number of hydrogen-bond donors (Lipinski definition) is 0. The quantitative estimate of drug-likeness (QED) is 0.739. The number of esters is 1. The van der Waals surface area contributed by atoms with Gasteiger partial charge in [-0.3, -0.25) is 9.10 Å². The Hall–Kier alpha value is -2.34. The third-order valence-electron chi connectivity index (χ3n) is 3.66. The highest BCUT2D eigenvalue weighted by atomic mass is 32.2. The van der Waals surface area contributed by atoms with E-state index in [2.05, 4.69) is 0 Å². The maximum atomic E-state index is 13.2. The molecule has 0 bridgehead atoms. The molecule has 0 fully saturated rings. The predicted octanol–water partition coefficient (Wildman–Crippen LogP) is 3.45. The van der Waals surface area contributed by atoms with E-state index in [0.717, 1.165) is 15.4 Å². The molecule has 0 radical (unpaired) electrons. The SMILES string of the molecule is Cc1cccc(C)c1N(CC(=O)OC(C)C)S(=O)(=O)c1ccccc1. The molecule has 134 valence electrons. The van der Waals surface area contributed by atoms with Gasteiger partial charge in [-0.1, -0.05) is 36.4 Å². The van der Waals surface area contributed by atoms with Crippen LogP contribution >= 0.6 is 0 Å². The summed E-state index contributed by atoms with van der Waals surface area (Å²) in [4.78, 5) is 12.3. The standard InChI is InChI=1S/C19H23NO4S/c1-14(2)24-18(21)13-20(19-15(3)9-8-10-16(19)4)25(22,23)17-11-6-5-7-12-17/h5-12,14H,13H2,1-4H3. The number of ether oxygens (including phenoxy) is 1. The lowest BCUT2D eigenvalue weighted by Gasteiger charge is -2.27. The summed E-state index contributed by atoms with van der Waals surface area (Å²) in [6, 6.07) is 13.6. The molecule has 0 aliphatic rings. The number of benzene rings is 2. The first kappa shape index (κ1) is 19.0. The highest BCUT2D eigenvalue weighted by Crippen LogP contribution is 2.30. The Morgan fingerprint density at radius 1 is 1.00 bits per heavy atom. The van der Waals surface area contributed by atoms with E-state index in [1.807, 2.05) is 32.0 Å². The zero-order chi connectivity index (χ0) is 18.6. The van der Waals surface area contributed by atoms with Gasteiger partial charge in [0.15, 0.2) is 0 Å². The fourth-order valence-corrected chi connectivity index (χ4v) is 4.18. The minimum absolute atomic E-state index is 0.134. The molecule has 0 amide bonds. The highest BCUT2D eigenvalue weighted by Gasteiger charge is 2.29. The lowest BCUT2D eigenvalue weighted by molar-refractivity contribution is -0.145. The molecule has 0 unspecified atom stereocenters. The van der Waals surface area contributed by atoms with Crippen LogP contribution in [0.1, 0.15) is 25.0 Å². The van der Waals surface area contributed by atoms with Crippen molar-refractivity contribution in [3.63, 3.8) is 0 Å². The molecule has 0 aliphatic heterocycles. The van der Waals surface area contributed by atoms with Gasteiger partial charge < -0.3 is 4.74 Å². The molecule has 2 aromatic carbocycles. The summed E-state index contributed by atoms with van der Waals surface area (Å²) in [6.07, 6.45) is -0.313. The Bertz CT molecular complexity index is 825. The largest absolute Gasteiger partial charge is 0.462 e. The Morgan fingerprint density at radius 3 is 2.08 bits per heavy atom. The summed E-state index contributed by atoms with van der Waals surface area (Å²) in [5.41, 5.74) is 2.06. The predicted molar refractivity (Wildman–Crippen MR) is 98.1 cm³/mol. The fourth-order valence-electron chi connectivity index (χ4n) is 2.62. The first-order chi connectivity index (χ1) is 11.7. The lowest BCUT2D eigenvalue weighted by Crippen LogP contribution is -2.38. The van der Waals surface area contributed by atoms with Crippen LogP contribution in [0.3, 0.4) is 0 Å². The Kier molecular flexibility index (Phi) is 5.85. The number of nitrogens with zero attached hydrogens (tertiary/aromatic N) is 1. The van der Waals surface area contributed by atoms with Crippen molar-refractivity contribution in [1.29, 1.82) is 0 Å². The highest BCUT2D eigenvalue weighted by molar-refractivity contribution is 7.92. The number of para-hydroxylation sites is 1. The molecule has 25 heavy (non-hydrogen) atoms. The summed E-state index contributed by atoms with van der Waals surface area (Å²) >= 11 is 0. The number of hydrogen-bond acceptors (Lipinski definition) is 4. The van der Waals surface area contributed by atoms with E-state index in [0.29, 0.717) is 5.69 Å². The monoisotopic (exact) mass is 361 g/mol. The third kappa shape index (κ3) is 4.39. The van der Waals surface area contributed by atoms with Crippen LogP contribution in [0.25, 0.3) is 0 Å². The zero-order valence-corrected chi connectivity index (χ0v) is 15.7. The molecular weight excluding hydrogens is 338 g/mol. The van der Waals surface area contributed by atoms with Crippen molar-refractivity contribution < 1.29 is 17.9 Å². The van der Waals surface area contributed by atoms with E-state index < -0.39 is 16.0 Å². The molecule has 0 heterocycles. The fraction of sp³-hybridized carbons (Fsp3) is 0.316. The molecule has 0 saturated carbocycles. The van der Waals surface area contributed by atoms with Crippen LogP contribution < -0.4 is 4.31 Å². The average Bonchev–Trinajstić information content (AvgIpc) is 2.53. The van der Waals surface area contributed by atoms with Crippen molar-refractivity contribution >= 4 is 21.7 Å². The number of carbonyl (C=O) groups excluding carboxylic acids is 1. The molecule has 0 N–H and O–H groups in total. The van der Waals surface area contributed by atoms with Crippen molar-refractivity contribution in [3.8, 4) is 0 Å². The molecule has 6 heteroatoms. The molecular formula is C19H23NO4S. The van der Waals surface area contributed by atoms with Crippen LogP contribution in [0.4, 0.5) is 5.69 Å². The van der Waals surface area contributed by atoms with Crippen LogP contribution in [0, 0.1) is 13.8 Å². The number of aryl methyl sites for hydroxylation is 2. The molecule has 5 nitrogen and oxygen atoms in total. The molecule has 2 rings (SSSR count). The van der Waals surface area contributed by atoms with E-state index in [1.54, 1.807) is 32.0 Å². The smallest absolute Gasteiger partial charge is 0.327 e. The minimum Gasteiger partial charge on any atom is -0.462 e. The van der Waals surface area contributed by atoms with Gasteiger partial charge in [0.1, 0.15) is 6.54 Å². The van der Waals surface area contributed by atoms with Gasteiger partial charge in [-0.15, -0.1) is 0 Å². The Labute approximate surface area is 149 Å². The maximum Gasteiger partial charge on any atom is 0.327 e. The molecule has 0 spiro atoms. The van der Waals surface area contributed by atoms with Gasteiger partial charge in [-0.05, 0) is 51.0 Å². The first-order valence-corrected chi connectivity index (χ1v) is 9.51. The van der Waals surface area contributed by atoms with Gasteiger partial charge in [-0.2, -0.15) is 0 Å². The number of carbonyl (C=O) groups is 1.